The second-order valence-corrected chi connectivity index (χ2v) is 5.23. The largest absolute Gasteiger partial charge is 0.349 e. The van der Waals surface area contributed by atoms with Gasteiger partial charge in [-0.25, -0.2) is 9.79 Å². The molecule has 0 aromatic rings. The first-order chi connectivity index (χ1) is 7.27. The Morgan fingerprint density at radius 2 is 2.13 bits per heavy atom. The molecule has 1 heterocycles. The Labute approximate surface area is 106 Å². The Morgan fingerprint density at radius 1 is 1.33 bits per heavy atom. The first-order valence-corrected chi connectivity index (χ1v) is 6.77. The molecule has 15 heavy (non-hydrogen) atoms. The molecule has 80 valence electrons. The standard InChI is InChI=1S/C7H6N2O2S4/c10-7(11-9-4-13)5-1-15-6(2-14-5)8-3-12/h5-6H,1-2H2. The lowest BCUT2D eigenvalue weighted by molar-refractivity contribution is -0.142. The molecule has 0 N–H and O–H groups in total. The summed E-state index contributed by atoms with van der Waals surface area (Å²) in [5.41, 5.74) is 0. The summed E-state index contributed by atoms with van der Waals surface area (Å²) in [6, 6.07) is 0. The first-order valence-electron chi connectivity index (χ1n) is 3.86. The molecule has 0 bridgehead atoms. The van der Waals surface area contributed by atoms with Crippen LogP contribution in [-0.4, -0.2) is 38.4 Å². The average Bonchev–Trinajstić information content (AvgIpc) is 2.27. The fourth-order valence-electron chi connectivity index (χ4n) is 0.885. The van der Waals surface area contributed by atoms with Crippen molar-refractivity contribution >= 4 is 64.3 Å². The number of thioether (sulfide) groups is 2. The zero-order chi connectivity index (χ0) is 11.1. The molecule has 8 heteroatoms. The van der Waals surface area contributed by atoms with E-state index in [1.807, 2.05) is 5.16 Å². The normalized spacial score (nSPS) is 24.5. The van der Waals surface area contributed by atoms with Crippen molar-refractivity contribution in [3.05, 3.63) is 0 Å². The van der Waals surface area contributed by atoms with Crippen LogP contribution in [0.15, 0.2) is 10.1 Å². The Balaban J connectivity index is 2.39. The molecule has 1 rings (SSSR count). The van der Waals surface area contributed by atoms with E-state index < -0.39 is 5.97 Å². The van der Waals surface area contributed by atoms with Crippen LogP contribution in [0.1, 0.15) is 0 Å². The fraction of sp³-hybridized carbons (Fsp3) is 0.571. The molecule has 0 radical (unpaired) electrons. The number of rotatable bonds is 3. The fourth-order valence-corrected chi connectivity index (χ4v) is 3.67. The van der Waals surface area contributed by atoms with Gasteiger partial charge in [-0.2, -0.15) is 0 Å². The molecule has 0 aromatic carbocycles. The van der Waals surface area contributed by atoms with Crippen LogP contribution in [0.4, 0.5) is 0 Å². The van der Waals surface area contributed by atoms with E-state index in [0.29, 0.717) is 5.75 Å². The van der Waals surface area contributed by atoms with Crippen LogP contribution in [0.5, 0.6) is 0 Å². The molecular weight excluding hydrogens is 272 g/mol. The van der Waals surface area contributed by atoms with Crippen molar-refractivity contribution in [3.8, 4) is 0 Å². The second-order valence-electron chi connectivity index (χ2n) is 2.42. The predicted molar refractivity (Wildman–Crippen MR) is 68.6 cm³/mol. The van der Waals surface area contributed by atoms with Crippen molar-refractivity contribution in [1.29, 1.82) is 0 Å². The van der Waals surface area contributed by atoms with Gasteiger partial charge in [0.1, 0.15) is 15.8 Å². The number of hydrogen-bond donors (Lipinski definition) is 0. The second kappa shape index (κ2) is 7.11. The lowest BCUT2D eigenvalue weighted by Crippen LogP contribution is -2.28. The predicted octanol–water partition coefficient (Wildman–Crippen LogP) is 1.82. The lowest BCUT2D eigenvalue weighted by atomic mass is 10.5. The number of hydrogen-bond acceptors (Lipinski definition) is 8. The highest BCUT2D eigenvalue weighted by atomic mass is 32.2. The van der Waals surface area contributed by atoms with Gasteiger partial charge in [0.25, 0.3) is 0 Å². The molecule has 1 aliphatic rings. The quantitative estimate of drug-likeness (QED) is 0.340. The highest BCUT2D eigenvalue weighted by molar-refractivity contribution is 8.07. The molecule has 1 fully saturated rings. The van der Waals surface area contributed by atoms with Crippen LogP contribution in [0.2, 0.25) is 0 Å². The van der Waals surface area contributed by atoms with E-state index in [0.717, 1.165) is 5.75 Å². The van der Waals surface area contributed by atoms with E-state index in [-0.39, 0.29) is 10.6 Å². The minimum atomic E-state index is -0.394. The third-order valence-corrected chi connectivity index (χ3v) is 4.57. The van der Waals surface area contributed by atoms with E-state index >= 15 is 0 Å². The van der Waals surface area contributed by atoms with Crippen LogP contribution >= 0.6 is 48.0 Å². The van der Waals surface area contributed by atoms with Gasteiger partial charge < -0.3 is 4.84 Å². The third-order valence-electron chi connectivity index (χ3n) is 1.51. The number of isothiocyanates is 2. The van der Waals surface area contributed by atoms with Gasteiger partial charge in [0.15, 0.2) is 0 Å². The first kappa shape index (κ1) is 12.8. The molecule has 0 saturated carbocycles. The van der Waals surface area contributed by atoms with Gasteiger partial charge in [-0.05, 0) is 29.6 Å². The van der Waals surface area contributed by atoms with Gasteiger partial charge >= 0.3 is 5.97 Å². The summed E-state index contributed by atoms with van der Waals surface area (Å²) < 4.78 is 0. The molecule has 0 spiro atoms. The Morgan fingerprint density at radius 3 is 2.67 bits per heavy atom. The SMILES string of the molecule is O=C(ON=C=S)C1CSC(N=C=S)CS1. The zero-order valence-electron chi connectivity index (χ0n) is 7.41. The summed E-state index contributed by atoms with van der Waals surface area (Å²) in [7, 11) is 0. The van der Waals surface area contributed by atoms with Crippen molar-refractivity contribution in [1.82, 2.24) is 0 Å². The van der Waals surface area contributed by atoms with E-state index in [2.05, 4.69) is 44.6 Å². The van der Waals surface area contributed by atoms with E-state index in [1.165, 1.54) is 11.8 Å². The van der Waals surface area contributed by atoms with Crippen LogP contribution in [0.3, 0.4) is 0 Å². The zero-order valence-corrected chi connectivity index (χ0v) is 10.7. The topological polar surface area (TPSA) is 51.0 Å². The van der Waals surface area contributed by atoms with Gasteiger partial charge in [-0.1, -0.05) is 0 Å². The van der Waals surface area contributed by atoms with E-state index in [9.17, 15) is 4.79 Å². The molecule has 4 nitrogen and oxygen atoms in total. The minimum Gasteiger partial charge on any atom is -0.308 e. The summed E-state index contributed by atoms with van der Waals surface area (Å²) in [6.45, 7) is 0. The van der Waals surface area contributed by atoms with Crippen molar-refractivity contribution in [2.45, 2.75) is 10.6 Å². The van der Waals surface area contributed by atoms with Crippen LogP contribution in [-0.2, 0) is 9.63 Å². The molecule has 0 aliphatic carbocycles. The molecule has 2 unspecified atom stereocenters. The highest BCUT2D eigenvalue weighted by Gasteiger charge is 2.28. The monoisotopic (exact) mass is 278 g/mol. The van der Waals surface area contributed by atoms with Crippen LogP contribution in [0, 0.1) is 0 Å². The molecule has 1 saturated heterocycles. The minimum absolute atomic E-state index is 0.0885. The maximum absolute atomic E-state index is 11.3. The van der Waals surface area contributed by atoms with Gasteiger partial charge in [0.2, 0.25) is 0 Å². The van der Waals surface area contributed by atoms with Gasteiger partial charge in [0, 0.05) is 11.5 Å². The number of carbonyl (C=O) groups excluding carboxylic acids is 1. The molecule has 0 amide bonds. The number of carbonyl (C=O) groups is 1. The number of aliphatic imine (C=N–C) groups is 1. The molecule has 2 atom stereocenters. The summed E-state index contributed by atoms with van der Waals surface area (Å²) in [5, 5.41) is 7.31. The lowest BCUT2D eigenvalue weighted by Gasteiger charge is -2.21. The Bertz CT molecular complexity index is 328. The summed E-state index contributed by atoms with van der Waals surface area (Å²) in [6.07, 6.45) is 0. The summed E-state index contributed by atoms with van der Waals surface area (Å²) >= 11 is 11.8. The summed E-state index contributed by atoms with van der Waals surface area (Å²) in [5.74, 6) is 0.950. The van der Waals surface area contributed by atoms with Crippen LogP contribution < -0.4 is 0 Å². The highest BCUT2D eigenvalue weighted by Crippen LogP contribution is 2.30. The molecular formula is C7H6N2O2S4. The van der Waals surface area contributed by atoms with Crippen molar-refractivity contribution in [3.63, 3.8) is 0 Å². The smallest absolute Gasteiger partial charge is 0.308 e. The van der Waals surface area contributed by atoms with E-state index in [1.54, 1.807) is 11.8 Å². The van der Waals surface area contributed by atoms with Crippen molar-refractivity contribution in [2.75, 3.05) is 11.5 Å². The molecule has 1 aliphatic heterocycles. The van der Waals surface area contributed by atoms with Crippen LogP contribution in [0.25, 0.3) is 0 Å². The molecule has 0 aromatic heterocycles. The van der Waals surface area contributed by atoms with Gasteiger partial charge in [0.05, 0.1) is 5.16 Å². The number of nitrogens with zero attached hydrogens (tertiary/aromatic N) is 2. The maximum Gasteiger partial charge on any atom is 0.349 e. The van der Waals surface area contributed by atoms with Gasteiger partial charge in [-0.15, -0.1) is 23.5 Å². The van der Waals surface area contributed by atoms with E-state index in [4.69, 9.17) is 0 Å². The number of thiocarbonyl (C=S) groups is 2. The average molecular weight is 278 g/mol. The Kier molecular flexibility index (Phi) is 6.09. The third kappa shape index (κ3) is 4.42. The van der Waals surface area contributed by atoms with Gasteiger partial charge in [-0.3, -0.25) is 0 Å². The van der Waals surface area contributed by atoms with Crippen molar-refractivity contribution < 1.29 is 9.63 Å². The Hall–Kier alpha value is -0.230. The van der Waals surface area contributed by atoms with Crippen molar-refractivity contribution in [2.24, 2.45) is 10.1 Å². The summed E-state index contributed by atoms with van der Waals surface area (Å²) in [4.78, 5) is 19.8. The maximum atomic E-state index is 11.3.